The summed E-state index contributed by atoms with van der Waals surface area (Å²) < 4.78 is 11.9. The smallest absolute Gasteiger partial charge is 0.251 e. The summed E-state index contributed by atoms with van der Waals surface area (Å²) in [6.45, 7) is 2.07. The zero-order chi connectivity index (χ0) is 12.2. The molecule has 3 aliphatic rings. The molecule has 18 heavy (non-hydrogen) atoms. The molecule has 1 N–H and O–H groups in total. The summed E-state index contributed by atoms with van der Waals surface area (Å²) in [5.74, 6) is 1.83. The fraction of sp³-hybridized carbons (Fsp3) is 0.571. The van der Waals surface area contributed by atoms with Crippen molar-refractivity contribution in [3.05, 3.63) is 22.7 Å². The summed E-state index contributed by atoms with van der Waals surface area (Å²) in [5, 5.41) is 4.18. The number of ether oxygens (including phenoxy) is 2. The van der Waals surface area contributed by atoms with Gasteiger partial charge >= 0.3 is 0 Å². The number of hydrogen-bond donors (Lipinski definition) is 1. The van der Waals surface area contributed by atoms with Gasteiger partial charge < -0.3 is 14.8 Å². The highest BCUT2D eigenvalue weighted by Crippen LogP contribution is 2.50. The van der Waals surface area contributed by atoms with Gasteiger partial charge in [-0.05, 0) is 36.9 Å². The standard InChI is InChI=1S/C14H16ClNO2/c15-11-7-13-12(17-14(18-13)3-1-4-14)6-10(11)9-2-5-16-8-9/h6-7,9,16H,1-5,8H2. The van der Waals surface area contributed by atoms with Gasteiger partial charge in [-0.1, -0.05) is 11.6 Å². The second-order valence-electron chi connectivity index (χ2n) is 5.48. The lowest BCUT2D eigenvalue weighted by Gasteiger charge is -2.35. The largest absolute Gasteiger partial charge is 0.448 e. The molecule has 2 heterocycles. The molecular formula is C14H16ClNO2. The number of fused-ring (bicyclic) bond motifs is 1. The second-order valence-corrected chi connectivity index (χ2v) is 5.89. The second kappa shape index (κ2) is 3.78. The van der Waals surface area contributed by atoms with Crippen molar-refractivity contribution in [2.45, 2.75) is 37.4 Å². The van der Waals surface area contributed by atoms with E-state index >= 15 is 0 Å². The van der Waals surface area contributed by atoms with Gasteiger partial charge in [-0.2, -0.15) is 0 Å². The van der Waals surface area contributed by atoms with Crippen LogP contribution in [-0.2, 0) is 0 Å². The monoisotopic (exact) mass is 265 g/mol. The number of halogens is 1. The Morgan fingerprint density at radius 3 is 2.61 bits per heavy atom. The Morgan fingerprint density at radius 1 is 1.22 bits per heavy atom. The number of rotatable bonds is 1. The molecule has 0 bridgehead atoms. The highest BCUT2D eigenvalue weighted by Gasteiger charge is 2.47. The summed E-state index contributed by atoms with van der Waals surface area (Å²) >= 11 is 6.38. The first-order valence-electron chi connectivity index (χ1n) is 6.68. The van der Waals surface area contributed by atoms with E-state index in [4.69, 9.17) is 21.1 Å². The molecule has 3 nitrogen and oxygen atoms in total. The minimum Gasteiger partial charge on any atom is -0.448 e. The van der Waals surface area contributed by atoms with Gasteiger partial charge in [0, 0.05) is 30.5 Å². The highest BCUT2D eigenvalue weighted by molar-refractivity contribution is 6.31. The van der Waals surface area contributed by atoms with Crippen molar-refractivity contribution < 1.29 is 9.47 Å². The van der Waals surface area contributed by atoms with E-state index < -0.39 is 0 Å². The van der Waals surface area contributed by atoms with E-state index in [1.54, 1.807) is 0 Å². The summed E-state index contributed by atoms with van der Waals surface area (Å²) in [6.07, 6.45) is 4.30. The number of hydrogen-bond acceptors (Lipinski definition) is 3. The summed E-state index contributed by atoms with van der Waals surface area (Å²) in [4.78, 5) is 0. The fourth-order valence-corrected chi connectivity index (χ4v) is 3.34. The molecular weight excluding hydrogens is 250 g/mol. The Bertz CT molecular complexity index is 493. The molecule has 1 atom stereocenters. The first-order valence-corrected chi connectivity index (χ1v) is 7.06. The van der Waals surface area contributed by atoms with Crippen LogP contribution in [0.1, 0.15) is 37.2 Å². The molecule has 0 amide bonds. The maximum absolute atomic E-state index is 6.38. The Morgan fingerprint density at radius 2 is 2.00 bits per heavy atom. The van der Waals surface area contributed by atoms with Crippen LogP contribution in [0.2, 0.25) is 5.02 Å². The molecule has 2 fully saturated rings. The van der Waals surface area contributed by atoms with Gasteiger partial charge in [0.15, 0.2) is 11.5 Å². The van der Waals surface area contributed by atoms with Crippen molar-refractivity contribution in [1.82, 2.24) is 5.32 Å². The Labute approximate surface area is 111 Å². The molecule has 96 valence electrons. The predicted octanol–water partition coefficient (Wildman–Crippen LogP) is 3.07. The zero-order valence-electron chi connectivity index (χ0n) is 10.2. The van der Waals surface area contributed by atoms with E-state index in [1.165, 1.54) is 12.0 Å². The maximum atomic E-state index is 6.38. The van der Waals surface area contributed by atoms with E-state index in [9.17, 15) is 0 Å². The van der Waals surface area contributed by atoms with Crippen molar-refractivity contribution in [1.29, 1.82) is 0 Å². The van der Waals surface area contributed by atoms with Gasteiger partial charge in [0.1, 0.15) is 0 Å². The molecule has 1 unspecified atom stereocenters. The predicted molar refractivity (Wildman–Crippen MR) is 69.5 cm³/mol. The zero-order valence-corrected chi connectivity index (χ0v) is 10.9. The molecule has 4 heteroatoms. The van der Waals surface area contributed by atoms with Crippen LogP contribution in [0, 0.1) is 0 Å². The normalized spacial score (nSPS) is 27.5. The van der Waals surface area contributed by atoms with Crippen LogP contribution in [0.3, 0.4) is 0 Å². The molecule has 0 radical (unpaired) electrons. The Kier molecular flexibility index (Phi) is 2.30. The third-order valence-corrected chi connectivity index (χ3v) is 4.60. The van der Waals surface area contributed by atoms with Gasteiger partial charge in [0.25, 0.3) is 5.79 Å². The molecule has 1 saturated carbocycles. The van der Waals surface area contributed by atoms with Gasteiger partial charge in [-0.15, -0.1) is 0 Å². The summed E-state index contributed by atoms with van der Waals surface area (Å²) in [5.41, 5.74) is 1.19. The minimum absolute atomic E-state index is 0.363. The first-order chi connectivity index (χ1) is 8.76. The highest BCUT2D eigenvalue weighted by atomic mass is 35.5. The molecule has 1 aromatic rings. The number of benzene rings is 1. The van der Waals surface area contributed by atoms with Crippen LogP contribution in [0.5, 0.6) is 11.5 Å². The van der Waals surface area contributed by atoms with E-state index in [1.807, 2.05) is 6.07 Å². The van der Waals surface area contributed by atoms with Crippen LogP contribution >= 0.6 is 11.6 Å². The molecule has 0 aromatic heterocycles. The van der Waals surface area contributed by atoms with Gasteiger partial charge in [-0.3, -0.25) is 0 Å². The van der Waals surface area contributed by atoms with Crippen LogP contribution in [0.25, 0.3) is 0 Å². The molecule has 1 saturated heterocycles. The van der Waals surface area contributed by atoms with Crippen molar-refractivity contribution in [3.63, 3.8) is 0 Å². The van der Waals surface area contributed by atoms with E-state index in [0.29, 0.717) is 5.92 Å². The Balaban J connectivity index is 1.69. The summed E-state index contributed by atoms with van der Waals surface area (Å²) in [6, 6.07) is 4.01. The molecule has 1 aromatic carbocycles. The summed E-state index contributed by atoms with van der Waals surface area (Å²) in [7, 11) is 0. The number of nitrogens with one attached hydrogen (secondary N) is 1. The lowest BCUT2D eigenvalue weighted by molar-refractivity contribution is -0.138. The lowest BCUT2D eigenvalue weighted by Crippen LogP contribution is -2.45. The van der Waals surface area contributed by atoms with Gasteiger partial charge in [0.2, 0.25) is 0 Å². The minimum atomic E-state index is -0.363. The molecule has 1 spiro atoms. The maximum Gasteiger partial charge on any atom is 0.251 e. The topological polar surface area (TPSA) is 30.5 Å². The van der Waals surface area contributed by atoms with Crippen molar-refractivity contribution in [3.8, 4) is 11.5 Å². The van der Waals surface area contributed by atoms with Crippen molar-refractivity contribution in [2.75, 3.05) is 13.1 Å². The lowest BCUT2D eigenvalue weighted by atomic mass is 9.91. The van der Waals surface area contributed by atoms with Crippen LogP contribution < -0.4 is 14.8 Å². The van der Waals surface area contributed by atoms with Gasteiger partial charge in [-0.25, -0.2) is 0 Å². The third-order valence-electron chi connectivity index (χ3n) is 4.27. The van der Waals surface area contributed by atoms with Crippen molar-refractivity contribution in [2.24, 2.45) is 0 Å². The molecule has 4 rings (SSSR count). The molecule has 1 aliphatic carbocycles. The van der Waals surface area contributed by atoms with Crippen molar-refractivity contribution >= 4 is 11.6 Å². The van der Waals surface area contributed by atoms with E-state index in [0.717, 1.165) is 48.9 Å². The SMILES string of the molecule is Clc1cc2c(cc1C1CCNC1)OC1(CCC1)O2. The third kappa shape index (κ3) is 1.54. The quantitative estimate of drug-likeness (QED) is 0.847. The van der Waals surface area contributed by atoms with Crippen LogP contribution in [-0.4, -0.2) is 18.9 Å². The van der Waals surface area contributed by atoms with E-state index in [-0.39, 0.29) is 5.79 Å². The molecule has 2 aliphatic heterocycles. The van der Waals surface area contributed by atoms with E-state index in [2.05, 4.69) is 11.4 Å². The first kappa shape index (κ1) is 10.9. The average molecular weight is 266 g/mol. The van der Waals surface area contributed by atoms with Gasteiger partial charge in [0.05, 0.1) is 0 Å². The Hall–Kier alpha value is -0.930. The van der Waals surface area contributed by atoms with Crippen LogP contribution in [0.15, 0.2) is 12.1 Å². The average Bonchev–Trinajstić information content (AvgIpc) is 2.92. The fourth-order valence-electron chi connectivity index (χ4n) is 3.03. The van der Waals surface area contributed by atoms with Crippen LogP contribution in [0.4, 0.5) is 0 Å².